The van der Waals surface area contributed by atoms with Gasteiger partial charge in [-0.1, -0.05) is 36.7 Å². The number of hydrogen-bond acceptors (Lipinski definition) is 4. The van der Waals surface area contributed by atoms with Crippen LogP contribution in [0, 0.1) is 12.3 Å². The molecule has 0 heterocycles. The summed E-state index contributed by atoms with van der Waals surface area (Å²) in [4.78, 5) is 12.7. The van der Waals surface area contributed by atoms with Crippen molar-refractivity contribution in [3.8, 4) is 16.9 Å². The van der Waals surface area contributed by atoms with E-state index in [2.05, 4.69) is 0 Å². The van der Waals surface area contributed by atoms with Crippen molar-refractivity contribution in [2.45, 2.75) is 59.5 Å². The highest BCUT2D eigenvalue weighted by Gasteiger charge is 2.37. The number of ketones is 1. The molecule has 172 valence electrons. The van der Waals surface area contributed by atoms with E-state index in [4.69, 9.17) is 21.1 Å². The summed E-state index contributed by atoms with van der Waals surface area (Å²) in [6.07, 6.45) is 3.45. The lowest BCUT2D eigenvalue weighted by atomic mass is 9.71. The number of aliphatic hydroxyl groups excluding tert-OH is 1. The predicted octanol–water partition coefficient (Wildman–Crippen LogP) is 7.17. The molecule has 1 N–H and O–H groups in total. The van der Waals surface area contributed by atoms with Crippen LogP contribution in [0.3, 0.4) is 0 Å². The third-order valence-electron chi connectivity index (χ3n) is 6.59. The fourth-order valence-electron chi connectivity index (χ4n) is 4.61. The lowest BCUT2D eigenvalue weighted by Gasteiger charge is -2.37. The highest BCUT2D eigenvalue weighted by atomic mass is 35.5. The molecule has 0 bridgehead atoms. The number of carbonyl (C=O) groups is 1. The van der Waals surface area contributed by atoms with Crippen LogP contribution >= 0.6 is 11.6 Å². The first-order valence-electron chi connectivity index (χ1n) is 11.2. The molecule has 0 atom stereocenters. The number of para-hydroxylation sites is 1. The molecule has 1 fully saturated rings. The van der Waals surface area contributed by atoms with Crippen LogP contribution in [0.25, 0.3) is 16.7 Å². The lowest BCUT2D eigenvalue weighted by molar-refractivity contribution is -0.112. The van der Waals surface area contributed by atoms with Crippen LogP contribution in [-0.2, 0) is 9.53 Å². The van der Waals surface area contributed by atoms with Crippen LogP contribution in [0.4, 0.5) is 0 Å². The van der Waals surface area contributed by atoms with Crippen LogP contribution in [0.2, 0.25) is 5.02 Å². The third kappa shape index (κ3) is 4.87. The molecule has 4 nitrogen and oxygen atoms in total. The van der Waals surface area contributed by atoms with E-state index in [1.54, 1.807) is 13.2 Å². The van der Waals surface area contributed by atoms with Gasteiger partial charge in [0, 0.05) is 28.7 Å². The Balaban J connectivity index is 2.09. The normalized spacial score (nSPS) is 21.8. The van der Waals surface area contributed by atoms with E-state index in [9.17, 15) is 9.90 Å². The maximum absolute atomic E-state index is 12.7. The Morgan fingerprint density at radius 2 is 1.84 bits per heavy atom. The van der Waals surface area contributed by atoms with Gasteiger partial charge in [-0.2, -0.15) is 0 Å². The summed E-state index contributed by atoms with van der Waals surface area (Å²) in [5.41, 5.74) is 3.18. The molecular weight excluding hydrogens is 424 g/mol. The second-order valence-corrected chi connectivity index (χ2v) is 9.26. The first-order valence-corrected chi connectivity index (χ1v) is 11.6. The molecule has 0 aliphatic heterocycles. The minimum atomic E-state index is -0.463. The van der Waals surface area contributed by atoms with Crippen molar-refractivity contribution >= 4 is 23.0 Å². The molecule has 0 amide bonds. The summed E-state index contributed by atoms with van der Waals surface area (Å²) in [6, 6.07) is 11.5. The SMILES string of the molecule is CCOc1ccccc1-c1cc(C)c(/C(C(C)=O)=C(\O)C2(C)CCC(OC)CC2)cc1Cl. The van der Waals surface area contributed by atoms with Crippen molar-refractivity contribution in [3.63, 3.8) is 0 Å². The highest BCUT2D eigenvalue weighted by molar-refractivity contribution is 6.34. The highest BCUT2D eigenvalue weighted by Crippen LogP contribution is 2.46. The van der Waals surface area contributed by atoms with Crippen molar-refractivity contribution in [2.75, 3.05) is 13.7 Å². The van der Waals surface area contributed by atoms with Gasteiger partial charge in [0.15, 0.2) is 5.78 Å². The van der Waals surface area contributed by atoms with E-state index in [-0.39, 0.29) is 17.6 Å². The molecule has 32 heavy (non-hydrogen) atoms. The van der Waals surface area contributed by atoms with Crippen molar-refractivity contribution in [1.82, 2.24) is 0 Å². The van der Waals surface area contributed by atoms with Crippen molar-refractivity contribution in [1.29, 1.82) is 0 Å². The molecule has 0 spiro atoms. The fraction of sp³-hybridized carbons (Fsp3) is 0.444. The molecule has 0 radical (unpaired) electrons. The Morgan fingerprint density at radius 3 is 2.44 bits per heavy atom. The number of Topliss-reactive ketones (excluding diaryl/α,β-unsaturated/α-hetero) is 1. The first-order chi connectivity index (χ1) is 15.2. The van der Waals surface area contributed by atoms with E-state index in [0.29, 0.717) is 22.8 Å². The molecule has 2 aromatic carbocycles. The number of benzene rings is 2. The number of ether oxygens (including phenoxy) is 2. The van der Waals surface area contributed by atoms with Crippen LogP contribution in [0.15, 0.2) is 42.2 Å². The Hall–Kier alpha value is -2.30. The number of carbonyl (C=O) groups excluding carboxylic acids is 1. The number of halogens is 1. The Labute approximate surface area is 196 Å². The molecule has 5 heteroatoms. The molecule has 1 aliphatic rings. The molecule has 1 saturated carbocycles. The number of hydrogen-bond donors (Lipinski definition) is 1. The predicted molar refractivity (Wildman–Crippen MR) is 130 cm³/mol. The summed E-state index contributed by atoms with van der Waals surface area (Å²) in [5.74, 6) is 0.747. The van der Waals surface area contributed by atoms with Crippen molar-refractivity contribution in [2.24, 2.45) is 5.41 Å². The maximum atomic E-state index is 12.7. The molecule has 2 aromatic rings. The van der Waals surface area contributed by atoms with Crippen molar-refractivity contribution < 1.29 is 19.4 Å². The average molecular weight is 457 g/mol. The Morgan fingerprint density at radius 1 is 1.19 bits per heavy atom. The summed E-state index contributed by atoms with van der Waals surface area (Å²) in [5, 5.41) is 11.9. The smallest absolute Gasteiger partial charge is 0.163 e. The van der Waals surface area contributed by atoms with Gasteiger partial charge in [-0.05, 0) is 75.8 Å². The summed E-state index contributed by atoms with van der Waals surface area (Å²) in [7, 11) is 1.72. The van der Waals surface area contributed by atoms with Crippen LogP contribution in [-0.4, -0.2) is 30.7 Å². The second kappa shape index (κ2) is 10.1. The van der Waals surface area contributed by atoms with Crippen LogP contribution in [0.1, 0.15) is 57.6 Å². The van der Waals surface area contributed by atoms with E-state index < -0.39 is 5.41 Å². The van der Waals surface area contributed by atoms with Gasteiger partial charge >= 0.3 is 0 Å². The van der Waals surface area contributed by atoms with Gasteiger partial charge in [0.1, 0.15) is 11.5 Å². The molecule has 1 aliphatic carbocycles. The van der Waals surface area contributed by atoms with Crippen LogP contribution < -0.4 is 4.74 Å². The van der Waals surface area contributed by atoms with E-state index in [1.165, 1.54) is 6.92 Å². The second-order valence-electron chi connectivity index (χ2n) is 8.85. The van der Waals surface area contributed by atoms with Gasteiger partial charge in [0.2, 0.25) is 0 Å². The fourth-order valence-corrected chi connectivity index (χ4v) is 4.88. The minimum absolute atomic E-state index is 0.154. The monoisotopic (exact) mass is 456 g/mol. The molecule has 0 saturated heterocycles. The third-order valence-corrected chi connectivity index (χ3v) is 6.90. The summed E-state index contributed by atoms with van der Waals surface area (Å²) < 4.78 is 11.3. The number of allylic oxidation sites excluding steroid dienone is 2. The molecular formula is C27H33ClO4. The summed E-state index contributed by atoms with van der Waals surface area (Å²) in [6.45, 7) is 7.97. The first kappa shape index (κ1) is 24.3. The van der Waals surface area contributed by atoms with Gasteiger partial charge in [0.05, 0.1) is 18.3 Å². The van der Waals surface area contributed by atoms with Gasteiger partial charge in [-0.15, -0.1) is 0 Å². The topological polar surface area (TPSA) is 55.8 Å². The summed E-state index contributed by atoms with van der Waals surface area (Å²) >= 11 is 6.73. The van der Waals surface area contributed by atoms with Crippen LogP contribution in [0.5, 0.6) is 5.75 Å². The average Bonchev–Trinajstić information content (AvgIpc) is 2.77. The Bertz CT molecular complexity index is 1020. The van der Waals surface area contributed by atoms with Gasteiger partial charge in [-0.25, -0.2) is 0 Å². The molecule has 3 rings (SSSR count). The number of aliphatic hydroxyl groups is 1. The molecule has 0 unspecified atom stereocenters. The zero-order valence-corrected chi connectivity index (χ0v) is 20.4. The van der Waals surface area contributed by atoms with E-state index in [0.717, 1.165) is 48.1 Å². The standard InChI is InChI=1S/C27H33ClO4/c1-6-32-24-10-8-7-9-20(24)22-15-17(2)21(16-23(22)28)25(18(3)29)26(30)27(4)13-11-19(31-5)12-14-27/h7-10,15-16,19,30H,6,11-14H2,1-5H3/b26-25-. The lowest BCUT2D eigenvalue weighted by Crippen LogP contribution is -2.31. The Kier molecular flexibility index (Phi) is 7.68. The quantitative estimate of drug-likeness (QED) is 0.354. The van der Waals surface area contributed by atoms with E-state index in [1.807, 2.05) is 51.1 Å². The zero-order valence-electron chi connectivity index (χ0n) is 19.6. The number of aryl methyl sites for hydroxylation is 1. The maximum Gasteiger partial charge on any atom is 0.163 e. The van der Waals surface area contributed by atoms with Gasteiger partial charge in [0.25, 0.3) is 0 Å². The van der Waals surface area contributed by atoms with E-state index >= 15 is 0 Å². The minimum Gasteiger partial charge on any atom is -0.511 e. The van der Waals surface area contributed by atoms with Crippen molar-refractivity contribution in [3.05, 3.63) is 58.3 Å². The molecule has 0 aromatic heterocycles. The van der Waals surface area contributed by atoms with Gasteiger partial charge in [-0.3, -0.25) is 4.79 Å². The largest absolute Gasteiger partial charge is 0.511 e. The zero-order chi connectivity index (χ0) is 23.5. The van der Waals surface area contributed by atoms with Gasteiger partial charge < -0.3 is 14.6 Å². The number of rotatable bonds is 7. The number of methoxy groups -OCH3 is 1.